The van der Waals surface area contributed by atoms with E-state index < -0.39 is 5.66 Å². The lowest BCUT2D eigenvalue weighted by molar-refractivity contribution is 0.245. The van der Waals surface area contributed by atoms with Gasteiger partial charge in [-0.1, -0.05) is 6.08 Å². The summed E-state index contributed by atoms with van der Waals surface area (Å²) < 4.78 is 0. The summed E-state index contributed by atoms with van der Waals surface area (Å²) in [5.74, 6) is 0. The molecule has 0 aromatic rings. The van der Waals surface area contributed by atoms with Crippen LogP contribution in [-0.2, 0) is 0 Å². The lowest BCUT2D eigenvalue weighted by Crippen LogP contribution is -2.52. The van der Waals surface area contributed by atoms with Crippen LogP contribution >= 0.6 is 0 Å². The molecule has 0 radical (unpaired) electrons. The molecule has 0 saturated carbocycles. The summed E-state index contributed by atoms with van der Waals surface area (Å²) in [5.41, 5.74) is 6.34. The minimum atomic E-state index is -0.548. The number of dihydropyridines is 1. The van der Waals surface area contributed by atoms with Crippen LogP contribution in [-0.4, -0.2) is 17.4 Å². The zero-order valence-corrected chi connectivity index (χ0v) is 6.67. The molecular weight excluding hydrogens is 140 g/mol. The van der Waals surface area contributed by atoms with Gasteiger partial charge in [0.1, 0.15) is 5.66 Å². The smallest absolute Gasteiger partial charge is 0.107 e. The van der Waals surface area contributed by atoms with Crippen LogP contribution in [0.4, 0.5) is 0 Å². The van der Waals surface area contributed by atoms with Gasteiger partial charge in [-0.3, -0.25) is 0 Å². The number of hydrogen-bond donors (Lipinski definition) is 3. The zero-order chi connectivity index (χ0) is 8.32. The third-order valence-corrected chi connectivity index (χ3v) is 1.70. The third kappa shape index (κ3) is 2.06. The highest BCUT2D eigenvalue weighted by Crippen LogP contribution is 2.11. The van der Waals surface area contributed by atoms with Crippen molar-refractivity contribution in [3.05, 3.63) is 23.9 Å². The highest BCUT2D eigenvalue weighted by molar-refractivity contribution is 5.22. The fourth-order valence-electron chi connectivity index (χ4n) is 1.15. The minimum Gasteiger partial charge on any atom is -0.396 e. The highest BCUT2D eigenvalue weighted by Gasteiger charge is 2.21. The summed E-state index contributed by atoms with van der Waals surface area (Å²) >= 11 is 0. The molecule has 0 aliphatic carbocycles. The molecule has 1 unspecified atom stereocenters. The van der Waals surface area contributed by atoms with Gasteiger partial charge in [-0.05, 0) is 19.1 Å². The van der Waals surface area contributed by atoms with E-state index in [0.29, 0.717) is 6.42 Å². The minimum absolute atomic E-state index is 0.0983. The molecule has 0 saturated heterocycles. The van der Waals surface area contributed by atoms with Crippen molar-refractivity contribution in [1.82, 2.24) is 5.32 Å². The first-order valence-corrected chi connectivity index (χ1v) is 3.70. The van der Waals surface area contributed by atoms with Gasteiger partial charge < -0.3 is 16.2 Å². The first kappa shape index (κ1) is 8.30. The van der Waals surface area contributed by atoms with Crippen LogP contribution in [0.15, 0.2) is 23.9 Å². The molecule has 0 fully saturated rings. The van der Waals surface area contributed by atoms with Crippen molar-refractivity contribution in [2.24, 2.45) is 5.73 Å². The van der Waals surface area contributed by atoms with E-state index in [1.165, 1.54) is 0 Å². The monoisotopic (exact) mass is 154 g/mol. The van der Waals surface area contributed by atoms with Crippen molar-refractivity contribution in [3.8, 4) is 0 Å². The Hall–Kier alpha value is -0.800. The second-order valence-electron chi connectivity index (χ2n) is 2.85. The van der Waals surface area contributed by atoms with Crippen molar-refractivity contribution in [2.75, 3.05) is 6.61 Å². The number of nitrogens with one attached hydrogen (secondary N) is 1. The first-order valence-electron chi connectivity index (χ1n) is 3.70. The Morgan fingerprint density at radius 1 is 1.73 bits per heavy atom. The second kappa shape index (κ2) is 3.07. The zero-order valence-electron chi connectivity index (χ0n) is 6.67. The van der Waals surface area contributed by atoms with Gasteiger partial charge >= 0.3 is 0 Å². The van der Waals surface area contributed by atoms with Crippen molar-refractivity contribution in [1.29, 1.82) is 0 Å². The summed E-state index contributed by atoms with van der Waals surface area (Å²) in [7, 11) is 0. The Morgan fingerprint density at radius 2 is 2.45 bits per heavy atom. The largest absolute Gasteiger partial charge is 0.396 e. The van der Waals surface area contributed by atoms with Crippen LogP contribution in [0.5, 0.6) is 0 Å². The Bertz CT molecular complexity index is 198. The standard InChI is InChI=1S/C8H14N2O/c1-7-3-2-4-8(9,10-7)5-6-11/h2-4,10-11H,5-6,9H2,1H3. The van der Waals surface area contributed by atoms with Crippen LogP contribution in [0.1, 0.15) is 13.3 Å². The van der Waals surface area contributed by atoms with E-state index in [4.69, 9.17) is 10.8 Å². The molecule has 1 aliphatic heterocycles. The van der Waals surface area contributed by atoms with Gasteiger partial charge in [0.05, 0.1) is 0 Å². The Labute approximate surface area is 66.6 Å². The fraction of sp³-hybridized carbons (Fsp3) is 0.500. The molecule has 0 aromatic heterocycles. The van der Waals surface area contributed by atoms with Crippen LogP contribution in [0.25, 0.3) is 0 Å². The van der Waals surface area contributed by atoms with Gasteiger partial charge in [-0.2, -0.15) is 0 Å². The predicted octanol–water partition coefficient (Wildman–Crippen LogP) is 0.0870. The van der Waals surface area contributed by atoms with Gasteiger partial charge in [0.2, 0.25) is 0 Å². The summed E-state index contributed by atoms with van der Waals surface area (Å²) in [4.78, 5) is 0. The third-order valence-electron chi connectivity index (χ3n) is 1.70. The van der Waals surface area contributed by atoms with Crippen LogP contribution < -0.4 is 11.1 Å². The van der Waals surface area contributed by atoms with Crippen LogP contribution in [0.3, 0.4) is 0 Å². The van der Waals surface area contributed by atoms with E-state index in [0.717, 1.165) is 5.70 Å². The number of allylic oxidation sites excluding steroid dienone is 3. The van der Waals surface area contributed by atoms with E-state index in [2.05, 4.69) is 5.32 Å². The molecule has 0 bridgehead atoms. The molecule has 1 rings (SSSR count). The summed E-state index contributed by atoms with van der Waals surface area (Å²) in [6, 6.07) is 0. The SMILES string of the molecule is CC1=CC=CC(N)(CCO)N1. The molecule has 1 atom stereocenters. The quantitative estimate of drug-likeness (QED) is 0.528. The maximum Gasteiger partial charge on any atom is 0.107 e. The van der Waals surface area contributed by atoms with Crippen LogP contribution in [0.2, 0.25) is 0 Å². The van der Waals surface area contributed by atoms with E-state index in [9.17, 15) is 0 Å². The second-order valence-corrected chi connectivity index (χ2v) is 2.85. The van der Waals surface area contributed by atoms with Gasteiger partial charge in [0, 0.05) is 18.7 Å². The molecule has 1 heterocycles. The molecule has 0 aromatic carbocycles. The molecule has 3 heteroatoms. The van der Waals surface area contributed by atoms with E-state index in [-0.39, 0.29) is 6.61 Å². The van der Waals surface area contributed by atoms with Crippen LogP contribution in [0, 0.1) is 0 Å². The number of aliphatic hydroxyl groups excluding tert-OH is 1. The number of rotatable bonds is 2. The molecule has 3 nitrogen and oxygen atoms in total. The van der Waals surface area contributed by atoms with Gasteiger partial charge in [0.15, 0.2) is 0 Å². The number of hydrogen-bond acceptors (Lipinski definition) is 3. The van der Waals surface area contributed by atoms with Gasteiger partial charge in [0.25, 0.3) is 0 Å². The molecule has 1 aliphatic rings. The first-order chi connectivity index (χ1) is 5.16. The predicted molar refractivity (Wildman–Crippen MR) is 44.7 cm³/mol. The molecule has 62 valence electrons. The molecule has 0 spiro atoms. The topological polar surface area (TPSA) is 58.3 Å². The number of nitrogens with two attached hydrogens (primary N) is 1. The fourth-order valence-corrected chi connectivity index (χ4v) is 1.15. The van der Waals surface area contributed by atoms with E-state index in [1.54, 1.807) is 0 Å². The van der Waals surface area contributed by atoms with E-state index >= 15 is 0 Å². The number of aliphatic hydroxyl groups is 1. The normalized spacial score (nSPS) is 29.5. The van der Waals surface area contributed by atoms with Crippen molar-refractivity contribution < 1.29 is 5.11 Å². The molecule has 0 amide bonds. The van der Waals surface area contributed by atoms with Crippen molar-refractivity contribution >= 4 is 0 Å². The van der Waals surface area contributed by atoms with Crippen molar-refractivity contribution in [2.45, 2.75) is 19.0 Å². The lowest BCUT2D eigenvalue weighted by Gasteiger charge is -2.30. The average Bonchev–Trinajstić information content (AvgIpc) is 1.86. The summed E-state index contributed by atoms with van der Waals surface area (Å²) in [5, 5.41) is 11.8. The van der Waals surface area contributed by atoms with Gasteiger partial charge in [-0.15, -0.1) is 0 Å². The maximum atomic E-state index is 8.70. The molecule has 4 N–H and O–H groups in total. The van der Waals surface area contributed by atoms with E-state index in [1.807, 2.05) is 25.2 Å². The molecular formula is C8H14N2O. The maximum absolute atomic E-state index is 8.70. The summed E-state index contributed by atoms with van der Waals surface area (Å²) in [6.45, 7) is 2.05. The Balaban J connectivity index is 2.62. The highest BCUT2D eigenvalue weighted by atomic mass is 16.3. The molecule has 11 heavy (non-hydrogen) atoms. The summed E-state index contributed by atoms with van der Waals surface area (Å²) in [6.07, 6.45) is 6.24. The Kier molecular flexibility index (Phi) is 2.31. The Morgan fingerprint density at radius 3 is 3.00 bits per heavy atom. The van der Waals surface area contributed by atoms with Gasteiger partial charge in [-0.25, -0.2) is 0 Å². The average molecular weight is 154 g/mol. The van der Waals surface area contributed by atoms with Crippen molar-refractivity contribution in [3.63, 3.8) is 0 Å². The lowest BCUT2D eigenvalue weighted by atomic mass is 10.0.